The SMILES string of the molecule is COc1cc(CNCC2CCCCC2C)ccc1O. The maximum absolute atomic E-state index is 9.55. The van der Waals surface area contributed by atoms with Crippen molar-refractivity contribution in [1.82, 2.24) is 5.32 Å². The van der Waals surface area contributed by atoms with E-state index in [1.54, 1.807) is 13.2 Å². The molecule has 3 nitrogen and oxygen atoms in total. The number of hydrogen-bond donors (Lipinski definition) is 2. The average Bonchev–Trinajstić information content (AvgIpc) is 2.43. The van der Waals surface area contributed by atoms with Gasteiger partial charge >= 0.3 is 0 Å². The number of phenols is 1. The lowest BCUT2D eigenvalue weighted by Crippen LogP contribution is -2.29. The second-order valence-electron chi connectivity index (χ2n) is 5.66. The molecule has 0 bridgehead atoms. The smallest absolute Gasteiger partial charge is 0.160 e. The van der Waals surface area contributed by atoms with E-state index in [0.29, 0.717) is 5.75 Å². The van der Waals surface area contributed by atoms with Gasteiger partial charge < -0.3 is 15.2 Å². The lowest BCUT2D eigenvalue weighted by Gasteiger charge is -2.28. The van der Waals surface area contributed by atoms with Gasteiger partial charge in [-0.05, 0) is 42.5 Å². The third-order valence-electron chi connectivity index (χ3n) is 4.27. The zero-order chi connectivity index (χ0) is 13.7. The molecule has 1 aliphatic carbocycles. The number of nitrogens with one attached hydrogen (secondary N) is 1. The van der Waals surface area contributed by atoms with Crippen LogP contribution in [0.5, 0.6) is 11.5 Å². The van der Waals surface area contributed by atoms with Gasteiger partial charge in [-0.3, -0.25) is 0 Å². The molecule has 2 unspecified atom stereocenters. The summed E-state index contributed by atoms with van der Waals surface area (Å²) in [5, 5.41) is 13.1. The molecule has 0 saturated heterocycles. The molecule has 19 heavy (non-hydrogen) atoms. The molecule has 2 rings (SSSR count). The highest BCUT2D eigenvalue weighted by atomic mass is 16.5. The van der Waals surface area contributed by atoms with Gasteiger partial charge in [-0.1, -0.05) is 32.3 Å². The molecule has 1 saturated carbocycles. The fourth-order valence-corrected chi connectivity index (χ4v) is 2.93. The Balaban J connectivity index is 1.82. The highest BCUT2D eigenvalue weighted by Crippen LogP contribution is 2.29. The van der Waals surface area contributed by atoms with Crippen LogP contribution in [0.2, 0.25) is 0 Å². The third kappa shape index (κ3) is 3.87. The Morgan fingerprint density at radius 3 is 2.84 bits per heavy atom. The third-order valence-corrected chi connectivity index (χ3v) is 4.27. The molecule has 3 heteroatoms. The standard InChI is InChI=1S/C16H25NO2/c1-12-5-3-4-6-14(12)11-17-10-13-7-8-15(18)16(9-13)19-2/h7-9,12,14,17-18H,3-6,10-11H2,1-2H3. The normalized spacial score (nSPS) is 23.3. The lowest BCUT2D eigenvalue weighted by atomic mass is 9.80. The maximum atomic E-state index is 9.55. The van der Waals surface area contributed by atoms with Gasteiger partial charge in [0.05, 0.1) is 7.11 Å². The Hall–Kier alpha value is -1.22. The van der Waals surface area contributed by atoms with Gasteiger partial charge in [-0.2, -0.15) is 0 Å². The highest BCUT2D eigenvalue weighted by molar-refractivity contribution is 5.41. The zero-order valence-electron chi connectivity index (χ0n) is 12.0. The maximum Gasteiger partial charge on any atom is 0.160 e. The second kappa shape index (κ2) is 6.80. The first-order valence-electron chi connectivity index (χ1n) is 7.27. The van der Waals surface area contributed by atoms with Crippen LogP contribution in [0.15, 0.2) is 18.2 Å². The van der Waals surface area contributed by atoms with E-state index in [1.165, 1.54) is 25.7 Å². The number of benzene rings is 1. The molecular weight excluding hydrogens is 238 g/mol. The topological polar surface area (TPSA) is 41.5 Å². The summed E-state index contributed by atoms with van der Waals surface area (Å²) in [7, 11) is 1.58. The van der Waals surface area contributed by atoms with Crippen molar-refractivity contribution >= 4 is 0 Å². The summed E-state index contributed by atoms with van der Waals surface area (Å²) in [5.41, 5.74) is 1.15. The van der Waals surface area contributed by atoms with Crippen LogP contribution in [0, 0.1) is 11.8 Å². The predicted octanol–water partition coefficient (Wildman–Crippen LogP) is 3.32. The molecule has 0 aliphatic heterocycles. The number of methoxy groups -OCH3 is 1. The molecular formula is C16H25NO2. The lowest BCUT2D eigenvalue weighted by molar-refractivity contribution is 0.247. The Kier molecular flexibility index (Phi) is 5.08. The van der Waals surface area contributed by atoms with E-state index in [4.69, 9.17) is 4.74 Å². The largest absolute Gasteiger partial charge is 0.504 e. The minimum Gasteiger partial charge on any atom is -0.504 e. The van der Waals surface area contributed by atoms with Gasteiger partial charge in [0, 0.05) is 6.54 Å². The van der Waals surface area contributed by atoms with Gasteiger partial charge in [0.25, 0.3) is 0 Å². The molecule has 0 radical (unpaired) electrons. The summed E-state index contributed by atoms with van der Waals surface area (Å²) in [6.07, 6.45) is 5.50. The van der Waals surface area contributed by atoms with Gasteiger partial charge in [0.1, 0.15) is 0 Å². The summed E-state index contributed by atoms with van der Waals surface area (Å²) in [5.74, 6) is 2.40. The van der Waals surface area contributed by atoms with Crippen LogP contribution in [-0.4, -0.2) is 18.8 Å². The minimum atomic E-state index is 0.201. The van der Waals surface area contributed by atoms with Crippen LogP contribution in [0.25, 0.3) is 0 Å². The summed E-state index contributed by atoms with van der Waals surface area (Å²) >= 11 is 0. The zero-order valence-corrected chi connectivity index (χ0v) is 12.0. The van der Waals surface area contributed by atoms with Crippen molar-refractivity contribution < 1.29 is 9.84 Å². The molecule has 0 aromatic heterocycles. The number of rotatable bonds is 5. The summed E-state index contributed by atoms with van der Waals surface area (Å²) in [6, 6.07) is 5.53. The number of aromatic hydroxyl groups is 1. The first-order chi connectivity index (χ1) is 9.20. The molecule has 2 atom stereocenters. The van der Waals surface area contributed by atoms with Crippen molar-refractivity contribution in [1.29, 1.82) is 0 Å². The van der Waals surface area contributed by atoms with E-state index in [1.807, 2.05) is 12.1 Å². The molecule has 1 aliphatic rings. The van der Waals surface area contributed by atoms with Crippen molar-refractivity contribution in [3.8, 4) is 11.5 Å². The summed E-state index contributed by atoms with van der Waals surface area (Å²) in [6.45, 7) is 4.29. The van der Waals surface area contributed by atoms with E-state index >= 15 is 0 Å². The van der Waals surface area contributed by atoms with E-state index in [9.17, 15) is 5.11 Å². The average molecular weight is 263 g/mol. The van der Waals surface area contributed by atoms with E-state index in [-0.39, 0.29) is 5.75 Å². The minimum absolute atomic E-state index is 0.201. The van der Waals surface area contributed by atoms with Crippen molar-refractivity contribution in [2.45, 2.75) is 39.2 Å². The Labute approximate surface area is 116 Å². The Morgan fingerprint density at radius 2 is 2.11 bits per heavy atom. The van der Waals surface area contributed by atoms with Gasteiger partial charge in [-0.25, -0.2) is 0 Å². The van der Waals surface area contributed by atoms with Crippen LogP contribution < -0.4 is 10.1 Å². The van der Waals surface area contributed by atoms with Crippen LogP contribution in [0.4, 0.5) is 0 Å². The van der Waals surface area contributed by atoms with Gasteiger partial charge in [-0.15, -0.1) is 0 Å². The van der Waals surface area contributed by atoms with Crippen molar-refractivity contribution in [2.75, 3.05) is 13.7 Å². The van der Waals surface area contributed by atoms with E-state index in [0.717, 1.165) is 30.5 Å². The van der Waals surface area contributed by atoms with E-state index < -0.39 is 0 Å². The van der Waals surface area contributed by atoms with Crippen molar-refractivity contribution in [3.63, 3.8) is 0 Å². The molecule has 0 spiro atoms. The molecule has 106 valence electrons. The van der Waals surface area contributed by atoms with Crippen molar-refractivity contribution in [2.24, 2.45) is 11.8 Å². The molecule has 1 fully saturated rings. The fourth-order valence-electron chi connectivity index (χ4n) is 2.93. The summed E-state index contributed by atoms with van der Waals surface area (Å²) in [4.78, 5) is 0. The molecule has 0 heterocycles. The Morgan fingerprint density at radius 1 is 1.32 bits per heavy atom. The molecule has 1 aromatic rings. The predicted molar refractivity (Wildman–Crippen MR) is 77.5 cm³/mol. The molecule has 1 aromatic carbocycles. The van der Waals surface area contributed by atoms with Gasteiger partial charge in [0.2, 0.25) is 0 Å². The number of phenolic OH excluding ortho intramolecular Hbond substituents is 1. The highest BCUT2D eigenvalue weighted by Gasteiger charge is 2.20. The quantitative estimate of drug-likeness (QED) is 0.856. The van der Waals surface area contributed by atoms with Crippen LogP contribution >= 0.6 is 0 Å². The van der Waals surface area contributed by atoms with E-state index in [2.05, 4.69) is 12.2 Å². The van der Waals surface area contributed by atoms with Crippen LogP contribution in [0.1, 0.15) is 38.2 Å². The summed E-state index contributed by atoms with van der Waals surface area (Å²) < 4.78 is 5.12. The van der Waals surface area contributed by atoms with Crippen molar-refractivity contribution in [3.05, 3.63) is 23.8 Å². The Bertz CT molecular complexity index is 406. The monoisotopic (exact) mass is 263 g/mol. The fraction of sp³-hybridized carbons (Fsp3) is 0.625. The molecule has 2 N–H and O–H groups in total. The van der Waals surface area contributed by atoms with Crippen LogP contribution in [-0.2, 0) is 6.54 Å². The van der Waals surface area contributed by atoms with Gasteiger partial charge in [0.15, 0.2) is 11.5 Å². The first kappa shape index (κ1) is 14.2. The molecule has 0 amide bonds. The first-order valence-corrected chi connectivity index (χ1v) is 7.27. The number of ether oxygens (including phenoxy) is 1. The second-order valence-corrected chi connectivity index (χ2v) is 5.66. The number of hydrogen-bond acceptors (Lipinski definition) is 3. The van der Waals surface area contributed by atoms with Crippen LogP contribution in [0.3, 0.4) is 0 Å².